The van der Waals surface area contributed by atoms with Gasteiger partial charge in [-0.15, -0.1) is 11.6 Å². The van der Waals surface area contributed by atoms with Crippen LogP contribution in [0.5, 0.6) is 0 Å². The number of aromatic nitrogens is 1. The fraction of sp³-hybridized carbons (Fsp3) is 0.500. The molecular formula is C12H17ClN2O. The van der Waals surface area contributed by atoms with Gasteiger partial charge in [0.2, 0.25) is 0 Å². The zero-order valence-corrected chi connectivity index (χ0v) is 10.6. The van der Waals surface area contributed by atoms with Crippen LogP contribution in [0.4, 0.5) is 0 Å². The van der Waals surface area contributed by atoms with Crippen LogP contribution in [0.15, 0.2) is 18.2 Å². The normalized spacial score (nSPS) is 12.6. The van der Waals surface area contributed by atoms with E-state index in [-0.39, 0.29) is 11.3 Å². The van der Waals surface area contributed by atoms with Gasteiger partial charge in [0.1, 0.15) is 5.69 Å². The zero-order chi connectivity index (χ0) is 12.1. The second kappa shape index (κ2) is 5.85. The van der Waals surface area contributed by atoms with Gasteiger partial charge in [0.25, 0.3) is 5.91 Å². The van der Waals surface area contributed by atoms with Crippen LogP contribution in [0.1, 0.15) is 30.0 Å². The second-order valence-corrected chi connectivity index (χ2v) is 4.69. The van der Waals surface area contributed by atoms with E-state index in [0.717, 1.165) is 5.69 Å². The highest BCUT2D eigenvalue weighted by molar-refractivity contribution is 6.21. The third-order valence-electron chi connectivity index (χ3n) is 2.30. The average Bonchev–Trinajstić information content (AvgIpc) is 2.25. The number of rotatable bonds is 4. The number of nitrogens with zero attached hydrogens (tertiary/aromatic N) is 1. The summed E-state index contributed by atoms with van der Waals surface area (Å²) in [6.45, 7) is 6.37. The van der Waals surface area contributed by atoms with Crippen LogP contribution in [0.3, 0.4) is 0 Å². The van der Waals surface area contributed by atoms with E-state index in [1.54, 1.807) is 6.07 Å². The summed E-state index contributed by atoms with van der Waals surface area (Å²) in [5, 5.41) is 2.73. The molecule has 0 saturated carbocycles. The number of alkyl halides is 1. The molecule has 1 rings (SSSR count). The Labute approximate surface area is 101 Å². The molecule has 1 amide bonds. The topological polar surface area (TPSA) is 42.0 Å². The monoisotopic (exact) mass is 240 g/mol. The highest BCUT2D eigenvalue weighted by Crippen LogP contribution is 2.08. The van der Waals surface area contributed by atoms with E-state index in [1.807, 2.05) is 32.9 Å². The number of carbonyl (C=O) groups excluding carboxylic acids is 1. The Morgan fingerprint density at radius 2 is 2.19 bits per heavy atom. The van der Waals surface area contributed by atoms with Gasteiger partial charge in [-0.25, -0.2) is 4.98 Å². The summed E-state index contributed by atoms with van der Waals surface area (Å²) in [6, 6.07) is 5.37. The van der Waals surface area contributed by atoms with Crippen molar-refractivity contribution in [2.45, 2.75) is 26.1 Å². The summed E-state index contributed by atoms with van der Waals surface area (Å²) in [5.74, 6) is 0.169. The van der Waals surface area contributed by atoms with Crippen molar-refractivity contribution in [2.75, 3.05) is 6.54 Å². The molecule has 1 N–H and O–H groups in total. The van der Waals surface area contributed by atoms with Crippen LogP contribution in [-0.2, 0) is 0 Å². The highest BCUT2D eigenvalue weighted by Gasteiger charge is 2.12. The average molecular weight is 241 g/mol. The van der Waals surface area contributed by atoms with Crippen molar-refractivity contribution >= 4 is 17.5 Å². The molecule has 0 aliphatic carbocycles. The molecule has 16 heavy (non-hydrogen) atoms. The van der Waals surface area contributed by atoms with Crippen molar-refractivity contribution < 1.29 is 4.79 Å². The molecule has 1 aromatic rings. The Hall–Kier alpha value is -1.09. The van der Waals surface area contributed by atoms with Gasteiger partial charge in [-0.05, 0) is 25.0 Å². The minimum absolute atomic E-state index is 0.0474. The molecule has 0 aliphatic heterocycles. The van der Waals surface area contributed by atoms with Crippen LogP contribution >= 0.6 is 11.6 Å². The number of hydrogen-bond donors (Lipinski definition) is 1. The van der Waals surface area contributed by atoms with E-state index in [1.165, 1.54) is 0 Å². The van der Waals surface area contributed by atoms with Crippen molar-refractivity contribution in [3.63, 3.8) is 0 Å². The third kappa shape index (κ3) is 3.81. The molecule has 88 valence electrons. The van der Waals surface area contributed by atoms with Crippen LogP contribution in [-0.4, -0.2) is 22.8 Å². The summed E-state index contributed by atoms with van der Waals surface area (Å²) in [5.41, 5.74) is 1.27. The zero-order valence-electron chi connectivity index (χ0n) is 9.83. The molecule has 1 unspecified atom stereocenters. The molecule has 1 atom stereocenters. The van der Waals surface area contributed by atoms with Crippen LogP contribution in [0.2, 0.25) is 0 Å². The Morgan fingerprint density at radius 3 is 2.75 bits per heavy atom. The molecular weight excluding hydrogens is 224 g/mol. The molecule has 3 nitrogen and oxygen atoms in total. The standard InChI is InChI=1S/C12H17ClN2O/c1-8(2)10(13)7-14-12(16)11-6-4-5-9(3)15-11/h4-6,8,10H,7H2,1-3H3,(H,14,16). The lowest BCUT2D eigenvalue weighted by Crippen LogP contribution is -2.32. The van der Waals surface area contributed by atoms with Gasteiger partial charge in [0.15, 0.2) is 0 Å². The van der Waals surface area contributed by atoms with Crippen molar-refractivity contribution in [1.29, 1.82) is 0 Å². The number of aryl methyl sites for hydroxylation is 1. The first kappa shape index (κ1) is 13.0. The number of hydrogen-bond acceptors (Lipinski definition) is 2. The summed E-state index contributed by atoms with van der Waals surface area (Å²) in [4.78, 5) is 15.8. The molecule has 1 aromatic heterocycles. The lowest BCUT2D eigenvalue weighted by molar-refractivity contribution is 0.0947. The van der Waals surface area contributed by atoms with Gasteiger partial charge in [-0.3, -0.25) is 4.79 Å². The van der Waals surface area contributed by atoms with E-state index in [2.05, 4.69) is 10.3 Å². The van der Waals surface area contributed by atoms with Gasteiger partial charge in [0, 0.05) is 12.2 Å². The van der Waals surface area contributed by atoms with Gasteiger partial charge < -0.3 is 5.32 Å². The molecule has 0 fully saturated rings. The second-order valence-electron chi connectivity index (χ2n) is 4.13. The summed E-state index contributed by atoms with van der Waals surface area (Å²) >= 11 is 6.04. The van der Waals surface area contributed by atoms with Gasteiger partial charge in [-0.1, -0.05) is 19.9 Å². The van der Waals surface area contributed by atoms with E-state index < -0.39 is 0 Å². The largest absolute Gasteiger partial charge is 0.349 e. The molecule has 0 spiro atoms. The lowest BCUT2D eigenvalue weighted by atomic mass is 10.1. The molecule has 0 saturated heterocycles. The predicted octanol–water partition coefficient (Wildman–Crippen LogP) is 2.38. The van der Waals surface area contributed by atoms with Crippen LogP contribution in [0.25, 0.3) is 0 Å². The third-order valence-corrected chi connectivity index (χ3v) is 2.96. The Bertz CT molecular complexity index is 366. The first-order valence-electron chi connectivity index (χ1n) is 5.36. The molecule has 4 heteroatoms. The van der Waals surface area contributed by atoms with Crippen molar-refractivity contribution in [1.82, 2.24) is 10.3 Å². The van der Waals surface area contributed by atoms with E-state index in [0.29, 0.717) is 18.2 Å². The van der Waals surface area contributed by atoms with Crippen molar-refractivity contribution in [3.8, 4) is 0 Å². The van der Waals surface area contributed by atoms with Crippen molar-refractivity contribution in [3.05, 3.63) is 29.6 Å². The first-order chi connectivity index (χ1) is 7.50. The maximum Gasteiger partial charge on any atom is 0.269 e. The predicted molar refractivity (Wildman–Crippen MR) is 65.8 cm³/mol. The maximum atomic E-state index is 11.7. The first-order valence-corrected chi connectivity index (χ1v) is 5.80. The van der Waals surface area contributed by atoms with E-state index in [4.69, 9.17) is 11.6 Å². The quantitative estimate of drug-likeness (QED) is 0.822. The maximum absolute atomic E-state index is 11.7. The Morgan fingerprint density at radius 1 is 1.50 bits per heavy atom. The number of carbonyl (C=O) groups is 1. The van der Waals surface area contributed by atoms with Crippen LogP contribution < -0.4 is 5.32 Å². The fourth-order valence-corrected chi connectivity index (χ4v) is 1.26. The summed E-state index contributed by atoms with van der Waals surface area (Å²) in [6.07, 6.45) is 0. The number of halogens is 1. The minimum atomic E-state index is -0.171. The minimum Gasteiger partial charge on any atom is -0.349 e. The smallest absolute Gasteiger partial charge is 0.269 e. The van der Waals surface area contributed by atoms with E-state index in [9.17, 15) is 4.79 Å². The van der Waals surface area contributed by atoms with E-state index >= 15 is 0 Å². The van der Waals surface area contributed by atoms with Gasteiger partial charge in [-0.2, -0.15) is 0 Å². The molecule has 0 radical (unpaired) electrons. The number of pyridine rings is 1. The SMILES string of the molecule is Cc1cccc(C(=O)NCC(Cl)C(C)C)n1. The van der Waals surface area contributed by atoms with Gasteiger partial charge >= 0.3 is 0 Å². The molecule has 1 heterocycles. The van der Waals surface area contributed by atoms with Crippen LogP contribution in [0, 0.1) is 12.8 Å². The molecule has 0 bridgehead atoms. The van der Waals surface area contributed by atoms with Crippen molar-refractivity contribution in [2.24, 2.45) is 5.92 Å². The summed E-state index contributed by atoms with van der Waals surface area (Å²) in [7, 11) is 0. The lowest BCUT2D eigenvalue weighted by Gasteiger charge is -2.13. The number of nitrogens with one attached hydrogen (secondary N) is 1. The fourth-order valence-electron chi connectivity index (χ4n) is 1.19. The Balaban J connectivity index is 2.53. The summed E-state index contributed by atoms with van der Waals surface area (Å²) < 4.78 is 0. The molecule has 0 aliphatic rings. The van der Waals surface area contributed by atoms with Gasteiger partial charge in [0.05, 0.1) is 5.38 Å². The molecule has 0 aromatic carbocycles. The Kier molecular flexibility index (Phi) is 4.74. The highest BCUT2D eigenvalue weighted by atomic mass is 35.5. The number of amides is 1.